The highest BCUT2D eigenvalue weighted by Gasteiger charge is 2.16. The van der Waals surface area contributed by atoms with E-state index in [1.165, 1.54) is 36.8 Å². The summed E-state index contributed by atoms with van der Waals surface area (Å²) in [4.78, 5) is 4.52. The first-order valence-electron chi connectivity index (χ1n) is 8.12. The third-order valence-corrected chi connectivity index (χ3v) is 4.40. The van der Waals surface area contributed by atoms with Crippen molar-refractivity contribution in [3.63, 3.8) is 0 Å². The summed E-state index contributed by atoms with van der Waals surface area (Å²) >= 11 is 0. The molecule has 2 atom stereocenters. The van der Waals surface area contributed by atoms with E-state index in [9.17, 15) is 0 Å². The molecular weight excluding hydrogens is 258 g/mol. The Hall–Kier alpha value is -1.45. The van der Waals surface area contributed by atoms with Crippen LogP contribution in [0.25, 0.3) is 10.9 Å². The van der Waals surface area contributed by atoms with Crippen molar-refractivity contribution in [3.05, 3.63) is 42.1 Å². The van der Waals surface area contributed by atoms with Gasteiger partial charge in [0.25, 0.3) is 0 Å². The second-order valence-corrected chi connectivity index (χ2v) is 6.13. The van der Waals surface area contributed by atoms with Crippen molar-refractivity contribution in [1.29, 1.82) is 0 Å². The highest BCUT2D eigenvalue weighted by atomic mass is 15.0. The quantitative estimate of drug-likeness (QED) is 0.856. The zero-order chi connectivity index (χ0) is 14.5. The van der Waals surface area contributed by atoms with E-state index in [2.05, 4.69) is 46.8 Å². The standard InChI is InChI=1S/C18H25N3/c1-14(13-17-8-4-10-20-17)19-12-9-16-6-2-5-15-7-3-11-21-18(15)16/h2-3,5-7,11,14,17,19-20H,4,8-10,12-13H2,1H3. The van der Waals surface area contributed by atoms with Gasteiger partial charge in [0.1, 0.15) is 0 Å². The van der Waals surface area contributed by atoms with Gasteiger partial charge in [-0.15, -0.1) is 0 Å². The number of para-hydroxylation sites is 1. The Kier molecular flexibility index (Phi) is 4.84. The maximum absolute atomic E-state index is 4.52. The summed E-state index contributed by atoms with van der Waals surface area (Å²) in [5.74, 6) is 0. The second kappa shape index (κ2) is 7.01. The van der Waals surface area contributed by atoms with Gasteiger partial charge in [-0.25, -0.2) is 0 Å². The van der Waals surface area contributed by atoms with Gasteiger partial charge in [-0.3, -0.25) is 4.98 Å². The Balaban J connectivity index is 1.52. The minimum absolute atomic E-state index is 0.573. The van der Waals surface area contributed by atoms with E-state index in [0.29, 0.717) is 12.1 Å². The van der Waals surface area contributed by atoms with Crippen LogP contribution in [0, 0.1) is 0 Å². The highest BCUT2D eigenvalue weighted by Crippen LogP contribution is 2.16. The number of aromatic nitrogens is 1. The van der Waals surface area contributed by atoms with Crippen LogP contribution >= 0.6 is 0 Å². The number of nitrogens with one attached hydrogen (secondary N) is 2. The largest absolute Gasteiger partial charge is 0.314 e. The molecule has 2 N–H and O–H groups in total. The minimum atomic E-state index is 0.573. The molecule has 1 aromatic carbocycles. The molecule has 3 rings (SSSR count). The van der Waals surface area contributed by atoms with Crippen LogP contribution in [0.15, 0.2) is 36.5 Å². The number of rotatable bonds is 6. The molecule has 0 amide bonds. The first kappa shape index (κ1) is 14.5. The summed E-state index contributed by atoms with van der Waals surface area (Å²) in [5.41, 5.74) is 2.48. The topological polar surface area (TPSA) is 37.0 Å². The monoisotopic (exact) mass is 283 g/mol. The predicted octanol–water partition coefficient (Wildman–Crippen LogP) is 2.90. The fraction of sp³-hybridized carbons (Fsp3) is 0.500. The number of pyridine rings is 1. The first-order chi connectivity index (χ1) is 10.3. The van der Waals surface area contributed by atoms with Crippen molar-refractivity contribution in [2.45, 2.75) is 44.7 Å². The lowest BCUT2D eigenvalue weighted by Crippen LogP contribution is -2.34. The van der Waals surface area contributed by atoms with Crippen molar-refractivity contribution < 1.29 is 0 Å². The molecule has 0 spiro atoms. The lowest BCUT2D eigenvalue weighted by atomic mass is 10.1. The van der Waals surface area contributed by atoms with E-state index in [1.807, 2.05) is 12.3 Å². The predicted molar refractivity (Wildman–Crippen MR) is 88.6 cm³/mol. The third kappa shape index (κ3) is 3.80. The number of hydrogen-bond acceptors (Lipinski definition) is 3. The van der Waals surface area contributed by atoms with Crippen molar-refractivity contribution >= 4 is 10.9 Å². The van der Waals surface area contributed by atoms with Crippen molar-refractivity contribution in [3.8, 4) is 0 Å². The fourth-order valence-corrected chi connectivity index (χ4v) is 3.29. The zero-order valence-electron chi connectivity index (χ0n) is 12.8. The fourth-order valence-electron chi connectivity index (χ4n) is 3.29. The summed E-state index contributed by atoms with van der Waals surface area (Å²) in [6.07, 6.45) is 6.82. The van der Waals surface area contributed by atoms with Gasteiger partial charge in [0, 0.05) is 23.7 Å². The highest BCUT2D eigenvalue weighted by molar-refractivity contribution is 5.81. The molecule has 2 heterocycles. The van der Waals surface area contributed by atoms with E-state index in [-0.39, 0.29) is 0 Å². The molecule has 0 aliphatic carbocycles. The maximum atomic E-state index is 4.52. The van der Waals surface area contributed by atoms with Crippen LogP contribution in [0.5, 0.6) is 0 Å². The van der Waals surface area contributed by atoms with Crippen LogP contribution < -0.4 is 10.6 Å². The average molecular weight is 283 g/mol. The molecule has 1 saturated heterocycles. The first-order valence-corrected chi connectivity index (χ1v) is 8.12. The molecule has 21 heavy (non-hydrogen) atoms. The Labute approximate surface area is 127 Å². The number of benzene rings is 1. The molecular formula is C18H25N3. The van der Waals surface area contributed by atoms with Crippen LogP contribution in [-0.2, 0) is 6.42 Å². The van der Waals surface area contributed by atoms with Crippen LogP contribution in [0.4, 0.5) is 0 Å². The van der Waals surface area contributed by atoms with Gasteiger partial charge in [0.05, 0.1) is 5.52 Å². The van der Waals surface area contributed by atoms with Crippen molar-refractivity contribution in [2.24, 2.45) is 0 Å². The molecule has 3 nitrogen and oxygen atoms in total. The molecule has 2 unspecified atom stereocenters. The minimum Gasteiger partial charge on any atom is -0.314 e. The van der Waals surface area contributed by atoms with Crippen LogP contribution in [0.2, 0.25) is 0 Å². The third-order valence-electron chi connectivity index (χ3n) is 4.40. The average Bonchev–Trinajstić information content (AvgIpc) is 3.00. The zero-order valence-corrected chi connectivity index (χ0v) is 12.8. The SMILES string of the molecule is CC(CC1CCCN1)NCCc1cccc2cccnc12. The summed E-state index contributed by atoms with van der Waals surface area (Å²) in [6.45, 7) is 4.50. The van der Waals surface area contributed by atoms with Crippen molar-refractivity contribution in [2.75, 3.05) is 13.1 Å². The van der Waals surface area contributed by atoms with Gasteiger partial charge in [0.15, 0.2) is 0 Å². The second-order valence-electron chi connectivity index (χ2n) is 6.13. The normalized spacial score (nSPS) is 20.0. The number of nitrogens with zero attached hydrogens (tertiary/aromatic N) is 1. The van der Waals surface area contributed by atoms with Gasteiger partial charge < -0.3 is 10.6 Å². The Morgan fingerprint density at radius 1 is 1.33 bits per heavy atom. The van der Waals surface area contributed by atoms with Gasteiger partial charge in [0.2, 0.25) is 0 Å². The van der Waals surface area contributed by atoms with E-state index in [0.717, 1.165) is 18.5 Å². The molecule has 0 bridgehead atoms. The van der Waals surface area contributed by atoms with Crippen LogP contribution in [0.1, 0.15) is 31.7 Å². The smallest absolute Gasteiger partial charge is 0.0734 e. The summed E-state index contributed by atoms with van der Waals surface area (Å²) in [5, 5.41) is 8.46. The molecule has 3 heteroatoms. The van der Waals surface area contributed by atoms with Crippen LogP contribution in [0.3, 0.4) is 0 Å². The summed E-state index contributed by atoms with van der Waals surface area (Å²) in [6, 6.07) is 11.9. The lowest BCUT2D eigenvalue weighted by molar-refractivity contribution is 0.443. The van der Waals surface area contributed by atoms with Gasteiger partial charge in [-0.2, -0.15) is 0 Å². The Morgan fingerprint density at radius 3 is 3.10 bits per heavy atom. The van der Waals surface area contributed by atoms with Gasteiger partial charge in [-0.1, -0.05) is 24.3 Å². The van der Waals surface area contributed by atoms with Crippen molar-refractivity contribution in [1.82, 2.24) is 15.6 Å². The molecule has 1 aliphatic heterocycles. The molecule has 0 radical (unpaired) electrons. The van der Waals surface area contributed by atoms with E-state index >= 15 is 0 Å². The molecule has 112 valence electrons. The van der Waals surface area contributed by atoms with Crippen LogP contribution in [-0.4, -0.2) is 30.2 Å². The molecule has 1 fully saturated rings. The Bertz CT molecular complexity index is 570. The number of fused-ring (bicyclic) bond motifs is 1. The maximum Gasteiger partial charge on any atom is 0.0734 e. The van der Waals surface area contributed by atoms with E-state index in [4.69, 9.17) is 0 Å². The molecule has 1 aromatic heterocycles. The van der Waals surface area contributed by atoms with Gasteiger partial charge >= 0.3 is 0 Å². The molecule has 2 aromatic rings. The van der Waals surface area contributed by atoms with E-state index in [1.54, 1.807) is 0 Å². The Morgan fingerprint density at radius 2 is 2.24 bits per heavy atom. The van der Waals surface area contributed by atoms with Gasteiger partial charge in [-0.05, 0) is 57.3 Å². The lowest BCUT2D eigenvalue weighted by Gasteiger charge is -2.18. The summed E-state index contributed by atoms with van der Waals surface area (Å²) < 4.78 is 0. The molecule has 1 aliphatic rings. The number of hydrogen-bond donors (Lipinski definition) is 2. The summed E-state index contributed by atoms with van der Waals surface area (Å²) in [7, 11) is 0. The molecule has 0 saturated carbocycles. The van der Waals surface area contributed by atoms with E-state index < -0.39 is 0 Å².